The SMILES string of the molecule is N#Cc1cc(-c2ccccc2)c(-n2c3ccccc3c3ccc(-c4ccc(C(F)(F)F)cc4C(F)(F)F)cc32)cc1-c1ccncc1. The molecular weight excluding hydrogens is 612 g/mol. The van der Waals surface area contributed by atoms with E-state index >= 15 is 0 Å². The molecule has 0 bridgehead atoms. The van der Waals surface area contributed by atoms with Crippen LogP contribution in [0.1, 0.15) is 16.7 Å². The molecule has 0 unspecified atom stereocenters. The van der Waals surface area contributed by atoms with Crippen LogP contribution in [0.15, 0.2) is 128 Å². The average Bonchev–Trinajstić information content (AvgIpc) is 3.41. The molecule has 0 saturated carbocycles. The molecule has 5 aromatic carbocycles. The maximum atomic E-state index is 14.2. The molecule has 3 nitrogen and oxygen atoms in total. The second-order valence-electron chi connectivity index (χ2n) is 11.0. The maximum absolute atomic E-state index is 14.2. The third-order valence-electron chi connectivity index (χ3n) is 8.21. The fourth-order valence-electron chi connectivity index (χ4n) is 6.09. The third kappa shape index (κ3) is 5.28. The summed E-state index contributed by atoms with van der Waals surface area (Å²) in [6.07, 6.45) is -6.73. The highest BCUT2D eigenvalue weighted by Gasteiger charge is 2.38. The van der Waals surface area contributed by atoms with E-state index in [4.69, 9.17) is 0 Å². The van der Waals surface area contributed by atoms with Crippen LogP contribution in [0.4, 0.5) is 26.3 Å². The molecule has 0 fully saturated rings. The van der Waals surface area contributed by atoms with Gasteiger partial charge in [0.2, 0.25) is 0 Å². The number of alkyl halides is 6. The van der Waals surface area contributed by atoms with Gasteiger partial charge >= 0.3 is 12.4 Å². The Labute approximate surface area is 264 Å². The number of halogens is 6. The number of hydrogen-bond acceptors (Lipinski definition) is 2. The molecule has 9 heteroatoms. The largest absolute Gasteiger partial charge is 0.417 e. The summed E-state index contributed by atoms with van der Waals surface area (Å²) in [4.78, 5) is 4.10. The number of nitriles is 1. The van der Waals surface area contributed by atoms with Crippen molar-refractivity contribution in [3.63, 3.8) is 0 Å². The Morgan fingerprint density at radius 1 is 0.553 bits per heavy atom. The van der Waals surface area contributed by atoms with Gasteiger partial charge in [0, 0.05) is 34.3 Å². The van der Waals surface area contributed by atoms with Gasteiger partial charge in [-0.05, 0) is 70.8 Å². The molecule has 7 rings (SSSR count). The first-order valence-electron chi connectivity index (χ1n) is 14.4. The second kappa shape index (κ2) is 11.2. The third-order valence-corrected chi connectivity index (χ3v) is 8.21. The van der Waals surface area contributed by atoms with Crippen molar-refractivity contribution in [3.05, 3.63) is 144 Å². The van der Waals surface area contributed by atoms with Crippen LogP contribution in [0, 0.1) is 11.3 Å². The predicted molar refractivity (Wildman–Crippen MR) is 170 cm³/mol. The molecule has 2 aromatic heterocycles. The van der Waals surface area contributed by atoms with Gasteiger partial charge in [-0.2, -0.15) is 31.6 Å². The topological polar surface area (TPSA) is 41.6 Å². The standard InChI is InChI=1S/C38H21F6N3/c39-37(40,41)27-11-13-28(33(20-27)38(42,43)44)25-10-12-30-29-8-4-5-9-34(29)47(35(30)19-25)36-21-31(24-14-16-46-17-15-24)26(22-45)18-32(36)23-6-2-1-3-7-23/h1-21H. The summed E-state index contributed by atoms with van der Waals surface area (Å²) >= 11 is 0. The highest BCUT2D eigenvalue weighted by atomic mass is 19.4. The van der Waals surface area contributed by atoms with Crippen LogP contribution in [-0.4, -0.2) is 9.55 Å². The number of hydrogen-bond donors (Lipinski definition) is 0. The van der Waals surface area contributed by atoms with Gasteiger partial charge in [0.05, 0.1) is 39.5 Å². The first kappa shape index (κ1) is 29.8. The van der Waals surface area contributed by atoms with Crippen molar-refractivity contribution in [3.8, 4) is 45.1 Å². The first-order chi connectivity index (χ1) is 22.5. The molecule has 0 aliphatic carbocycles. The second-order valence-corrected chi connectivity index (χ2v) is 11.0. The zero-order valence-electron chi connectivity index (χ0n) is 24.2. The smallest absolute Gasteiger partial charge is 0.309 e. The Morgan fingerprint density at radius 2 is 1.23 bits per heavy atom. The van der Waals surface area contributed by atoms with E-state index < -0.39 is 23.5 Å². The van der Waals surface area contributed by atoms with E-state index in [-0.39, 0.29) is 17.2 Å². The van der Waals surface area contributed by atoms with Gasteiger partial charge in [0.25, 0.3) is 0 Å². The van der Waals surface area contributed by atoms with Crippen molar-refractivity contribution in [2.75, 3.05) is 0 Å². The normalized spacial score (nSPS) is 12.0. The molecule has 0 spiro atoms. The molecule has 0 amide bonds. The van der Waals surface area contributed by atoms with Crippen LogP contribution in [0.5, 0.6) is 0 Å². The van der Waals surface area contributed by atoms with Crippen LogP contribution in [0.2, 0.25) is 0 Å². The van der Waals surface area contributed by atoms with Crippen molar-refractivity contribution < 1.29 is 26.3 Å². The zero-order valence-corrected chi connectivity index (χ0v) is 24.2. The molecule has 230 valence electrons. The Balaban J connectivity index is 1.57. The molecule has 7 aromatic rings. The fourth-order valence-corrected chi connectivity index (χ4v) is 6.09. The van der Waals surface area contributed by atoms with Gasteiger partial charge in [0.15, 0.2) is 0 Å². The van der Waals surface area contributed by atoms with Crippen molar-refractivity contribution in [1.82, 2.24) is 9.55 Å². The van der Waals surface area contributed by atoms with E-state index in [0.29, 0.717) is 34.0 Å². The molecule has 0 radical (unpaired) electrons. The summed E-state index contributed by atoms with van der Waals surface area (Å²) in [5.74, 6) is 0. The van der Waals surface area contributed by atoms with Crippen LogP contribution >= 0.6 is 0 Å². The molecule has 0 aliphatic rings. The van der Waals surface area contributed by atoms with Gasteiger partial charge in [-0.1, -0.05) is 66.7 Å². The van der Waals surface area contributed by atoms with E-state index in [1.54, 1.807) is 42.7 Å². The maximum Gasteiger partial charge on any atom is 0.417 e. The van der Waals surface area contributed by atoms with Gasteiger partial charge in [-0.15, -0.1) is 0 Å². The van der Waals surface area contributed by atoms with E-state index in [1.165, 1.54) is 6.07 Å². The first-order valence-corrected chi connectivity index (χ1v) is 14.4. The van der Waals surface area contributed by atoms with E-state index in [0.717, 1.165) is 33.5 Å². The summed E-state index contributed by atoms with van der Waals surface area (Å²) in [7, 11) is 0. The summed E-state index contributed by atoms with van der Waals surface area (Å²) in [6, 6.07) is 32.9. The van der Waals surface area contributed by atoms with Gasteiger partial charge in [-0.25, -0.2) is 0 Å². The van der Waals surface area contributed by atoms with Gasteiger partial charge in [-0.3, -0.25) is 4.98 Å². The van der Waals surface area contributed by atoms with Crippen LogP contribution < -0.4 is 0 Å². The number of nitrogens with zero attached hydrogens (tertiary/aromatic N) is 3. The van der Waals surface area contributed by atoms with Crippen molar-refractivity contribution in [2.24, 2.45) is 0 Å². The minimum absolute atomic E-state index is 0.104. The lowest BCUT2D eigenvalue weighted by Gasteiger charge is -2.18. The number of benzene rings is 5. The number of pyridine rings is 1. The van der Waals surface area contributed by atoms with Crippen LogP contribution in [0.3, 0.4) is 0 Å². The van der Waals surface area contributed by atoms with Gasteiger partial charge in [0.1, 0.15) is 0 Å². The lowest BCUT2D eigenvalue weighted by Crippen LogP contribution is -2.12. The van der Waals surface area contributed by atoms with E-state index in [9.17, 15) is 31.6 Å². The zero-order chi connectivity index (χ0) is 32.9. The van der Waals surface area contributed by atoms with Gasteiger partial charge < -0.3 is 4.57 Å². The number of aromatic nitrogens is 2. The fraction of sp³-hybridized carbons (Fsp3) is 0.0526. The molecule has 0 saturated heterocycles. The summed E-state index contributed by atoms with van der Waals surface area (Å²) in [5, 5.41) is 11.8. The predicted octanol–water partition coefficient (Wildman–Crippen LogP) is 11.1. The monoisotopic (exact) mass is 633 g/mol. The lowest BCUT2D eigenvalue weighted by molar-refractivity contribution is -0.142. The Hall–Kier alpha value is -5.88. The van der Waals surface area contributed by atoms with Crippen molar-refractivity contribution >= 4 is 21.8 Å². The Morgan fingerprint density at radius 3 is 1.94 bits per heavy atom. The molecular formula is C38H21F6N3. The van der Waals surface area contributed by atoms with E-state index in [2.05, 4.69) is 11.1 Å². The Kier molecular flexibility index (Phi) is 7.09. The number of para-hydroxylation sites is 1. The number of fused-ring (bicyclic) bond motifs is 3. The Bertz CT molecular complexity index is 2330. The number of rotatable bonds is 4. The molecule has 2 heterocycles. The molecule has 47 heavy (non-hydrogen) atoms. The quantitative estimate of drug-likeness (QED) is 0.181. The molecule has 0 N–H and O–H groups in total. The highest BCUT2D eigenvalue weighted by molar-refractivity contribution is 6.11. The van der Waals surface area contributed by atoms with Crippen molar-refractivity contribution in [2.45, 2.75) is 12.4 Å². The summed E-state index contributed by atoms with van der Waals surface area (Å²) in [6.45, 7) is 0. The minimum Gasteiger partial charge on any atom is -0.309 e. The lowest BCUT2D eigenvalue weighted by atomic mass is 9.93. The van der Waals surface area contributed by atoms with Crippen LogP contribution in [-0.2, 0) is 12.4 Å². The molecule has 0 atom stereocenters. The highest BCUT2D eigenvalue weighted by Crippen LogP contribution is 2.44. The summed E-state index contributed by atoms with van der Waals surface area (Å²) in [5.41, 5.74) is 2.25. The summed E-state index contributed by atoms with van der Waals surface area (Å²) < 4.78 is 85.0. The molecule has 0 aliphatic heterocycles. The minimum atomic E-state index is -5.04. The average molecular weight is 634 g/mol. The van der Waals surface area contributed by atoms with Crippen LogP contribution in [0.25, 0.3) is 60.9 Å². The van der Waals surface area contributed by atoms with E-state index in [1.807, 2.05) is 65.2 Å². The van der Waals surface area contributed by atoms with Crippen molar-refractivity contribution in [1.29, 1.82) is 5.26 Å².